The van der Waals surface area contributed by atoms with E-state index in [9.17, 15) is 14.4 Å². The maximum Gasteiger partial charge on any atom is 0.341 e. The molecule has 0 atom stereocenters. The maximum absolute atomic E-state index is 12.7. The molecule has 1 rings (SSSR count). The van der Waals surface area contributed by atoms with Crippen molar-refractivity contribution in [1.82, 2.24) is 4.90 Å². The second kappa shape index (κ2) is 11.2. The van der Waals surface area contributed by atoms with Crippen LogP contribution in [0.2, 0.25) is 0 Å². The highest BCUT2D eigenvalue weighted by atomic mass is 32.2. The molecule has 1 aromatic heterocycles. The van der Waals surface area contributed by atoms with Gasteiger partial charge in [0.15, 0.2) is 0 Å². The highest BCUT2D eigenvalue weighted by molar-refractivity contribution is 7.98. The number of nitrogens with zero attached hydrogens (tertiary/aromatic N) is 1. The molecule has 0 aliphatic heterocycles. The predicted octanol–water partition coefficient (Wildman–Crippen LogP) is 3.80. The Kier molecular flexibility index (Phi) is 9.72. The fourth-order valence-electron chi connectivity index (χ4n) is 2.48. The number of nitrogens with one attached hydrogen (secondary N) is 1. The van der Waals surface area contributed by atoms with Crippen LogP contribution >= 0.6 is 23.1 Å². The Bertz CT molecular complexity index is 639. The Morgan fingerprint density at radius 1 is 1.19 bits per heavy atom. The normalized spacial score (nSPS) is 10.5. The molecule has 0 aliphatic rings. The van der Waals surface area contributed by atoms with Crippen LogP contribution in [-0.2, 0) is 9.53 Å². The van der Waals surface area contributed by atoms with Crippen molar-refractivity contribution in [3.63, 3.8) is 0 Å². The van der Waals surface area contributed by atoms with Crippen LogP contribution in [0.3, 0.4) is 0 Å². The van der Waals surface area contributed by atoms with Crippen LogP contribution in [-0.4, -0.2) is 54.4 Å². The van der Waals surface area contributed by atoms with Gasteiger partial charge in [0.25, 0.3) is 5.91 Å². The molecule has 0 aliphatic carbocycles. The molecule has 146 valence electrons. The van der Waals surface area contributed by atoms with Crippen molar-refractivity contribution in [3.8, 4) is 0 Å². The zero-order valence-corrected chi connectivity index (χ0v) is 17.8. The highest BCUT2D eigenvalue weighted by Crippen LogP contribution is 2.34. The van der Waals surface area contributed by atoms with Gasteiger partial charge in [-0.05, 0) is 51.7 Å². The van der Waals surface area contributed by atoms with Crippen LogP contribution in [0.1, 0.15) is 59.2 Å². The summed E-state index contributed by atoms with van der Waals surface area (Å²) in [5.74, 6) is 0.0886. The minimum absolute atomic E-state index is 0.133. The SMILES string of the molecule is CCOC(=O)c1c(NC(=O)CCCSC)sc(C(=O)N(CC)CC)c1C. The van der Waals surface area contributed by atoms with E-state index >= 15 is 0 Å². The lowest BCUT2D eigenvalue weighted by Gasteiger charge is -2.18. The van der Waals surface area contributed by atoms with Gasteiger partial charge in [0.1, 0.15) is 5.00 Å². The smallest absolute Gasteiger partial charge is 0.341 e. The van der Waals surface area contributed by atoms with Crippen LogP contribution in [0.5, 0.6) is 0 Å². The van der Waals surface area contributed by atoms with Crippen molar-refractivity contribution >= 4 is 45.9 Å². The Labute approximate surface area is 163 Å². The monoisotopic (exact) mass is 400 g/mol. The van der Waals surface area contributed by atoms with Gasteiger partial charge in [0.2, 0.25) is 5.91 Å². The first-order chi connectivity index (χ1) is 12.4. The topological polar surface area (TPSA) is 75.7 Å². The zero-order valence-electron chi connectivity index (χ0n) is 16.1. The number of thioether (sulfide) groups is 1. The number of hydrogen-bond donors (Lipinski definition) is 1. The van der Waals surface area contributed by atoms with Gasteiger partial charge in [-0.25, -0.2) is 4.79 Å². The molecule has 0 aromatic carbocycles. The minimum atomic E-state index is -0.515. The van der Waals surface area contributed by atoms with E-state index < -0.39 is 5.97 Å². The van der Waals surface area contributed by atoms with Gasteiger partial charge in [-0.1, -0.05) is 0 Å². The Morgan fingerprint density at radius 2 is 1.85 bits per heavy atom. The van der Waals surface area contributed by atoms with Crippen molar-refractivity contribution in [3.05, 3.63) is 16.0 Å². The van der Waals surface area contributed by atoms with Crippen molar-refractivity contribution < 1.29 is 19.1 Å². The molecule has 6 nitrogen and oxygen atoms in total. The summed E-state index contributed by atoms with van der Waals surface area (Å²) in [6.45, 7) is 8.66. The van der Waals surface area contributed by atoms with Crippen molar-refractivity contribution in [2.45, 2.75) is 40.5 Å². The lowest BCUT2D eigenvalue weighted by molar-refractivity contribution is -0.116. The first kappa shape index (κ1) is 22.5. The number of carbonyl (C=O) groups excluding carboxylic acids is 3. The summed E-state index contributed by atoms with van der Waals surface area (Å²) in [5, 5.41) is 3.19. The average molecular weight is 401 g/mol. The summed E-state index contributed by atoms with van der Waals surface area (Å²) in [5.41, 5.74) is 0.843. The van der Waals surface area contributed by atoms with Gasteiger partial charge in [0, 0.05) is 19.5 Å². The summed E-state index contributed by atoms with van der Waals surface area (Å²) in [6, 6.07) is 0. The largest absolute Gasteiger partial charge is 0.462 e. The predicted molar refractivity (Wildman–Crippen MR) is 109 cm³/mol. The molecule has 2 amide bonds. The summed E-state index contributed by atoms with van der Waals surface area (Å²) >= 11 is 2.83. The third-order valence-corrected chi connectivity index (χ3v) is 5.77. The van der Waals surface area contributed by atoms with Gasteiger partial charge < -0.3 is 15.0 Å². The van der Waals surface area contributed by atoms with E-state index in [0.29, 0.717) is 35.0 Å². The molecule has 0 fully saturated rings. The number of hydrogen-bond acceptors (Lipinski definition) is 6. The van der Waals surface area contributed by atoms with Crippen molar-refractivity contribution in [2.24, 2.45) is 0 Å². The standard InChI is InChI=1S/C18H28N2O4S2/c1-6-20(7-2)17(22)15-12(4)14(18(23)24-8-3)16(26-15)19-13(21)10-9-11-25-5/h6-11H2,1-5H3,(H,19,21). The van der Waals surface area contributed by atoms with E-state index in [0.717, 1.165) is 23.5 Å². The van der Waals surface area contributed by atoms with E-state index in [2.05, 4.69) is 5.32 Å². The van der Waals surface area contributed by atoms with Gasteiger partial charge in [0.05, 0.1) is 17.0 Å². The molecule has 8 heteroatoms. The summed E-state index contributed by atoms with van der Waals surface area (Å²) in [7, 11) is 0. The van der Waals surface area contributed by atoms with Gasteiger partial charge in [-0.15, -0.1) is 11.3 Å². The molecule has 1 heterocycles. The number of esters is 1. The molecule has 1 aromatic rings. The average Bonchev–Trinajstić information content (AvgIpc) is 2.92. The zero-order chi connectivity index (χ0) is 19.7. The lowest BCUT2D eigenvalue weighted by Crippen LogP contribution is -2.30. The molecule has 0 bridgehead atoms. The second-order valence-electron chi connectivity index (χ2n) is 5.60. The third kappa shape index (κ3) is 5.74. The quantitative estimate of drug-likeness (QED) is 0.478. The molecular formula is C18H28N2O4S2. The minimum Gasteiger partial charge on any atom is -0.462 e. The van der Waals surface area contributed by atoms with Gasteiger partial charge >= 0.3 is 5.97 Å². The van der Waals surface area contributed by atoms with Crippen LogP contribution in [0, 0.1) is 6.92 Å². The Hall–Kier alpha value is -1.54. The molecular weight excluding hydrogens is 372 g/mol. The molecule has 0 spiro atoms. The number of thiophene rings is 1. The van der Waals surface area contributed by atoms with Gasteiger partial charge in [-0.2, -0.15) is 11.8 Å². The highest BCUT2D eigenvalue weighted by Gasteiger charge is 2.28. The molecule has 26 heavy (non-hydrogen) atoms. The van der Waals surface area contributed by atoms with E-state index in [1.807, 2.05) is 20.1 Å². The number of amides is 2. The first-order valence-electron chi connectivity index (χ1n) is 8.79. The fraction of sp³-hybridized carbons (Fsp3) is 0.611. The van der Waals surface area contributed by atoms with E-state index in [1.54, 1.807) is 30.5 Å². The number of rotatable bonds is 10. The summed E-state index contributed by atoms with van der Waals surface area (Å²) in [6.07, 6.45) is 3.13. The molecule has 0 saturated heterocycles. The number of anilines is 1. The third-order valence-electron chi connectivity index (χ3n) is 3.88. The Balaban J connectivity index is 3.17. The van der Waals surface area contributed by atoms with E-state index in [-0.39, 0.29) is 24.0 Å². The number of carbonyl (C=O) groups is 3. The first-order valence-corrected chi connectivity index (χ1v) is 11.0. The summed E-state index contributed by atoms with van der Waals surface area (Å²) < 4.78 is 5.12. The van der Waals surface area contributed by atoms with Crippen LogP contribution in [0.25, 0.3) is 0 Å². The molecule has 0 radical (unpaired) electrons. The van der Waals surface area contributed by atoms with Crippen LogP contribution in [0.4, 0.5) is 5.00 Å². The lowest BCUT2D eigenvalue weighted by atomic mass is 10.1. The second-order valence-corrected chi connectivity index (χ2v) is 7.61. The summed E-state index contributed by atoms with van der Waals surface area (Å²) in [4.78, 5) is 39.5. The number of ether oxygens (including phenoxy) is 1. The van der Waals surface area contributed by atoms with Crippen LogP contribution in [0.15, 0.2) is 0 Å². The molecule has 0 unspecified atom stereocenters. The van der Waals surface area contributed by atoms with E-state index in [4.69, 9.17) is 4.74 Å². The molecule has 1 N–H and O–H groups in total. The maximum atomic E-state index is 12.7. The van der Waals surface area contributed by atoms with Crippen LogP contribution < -0.4 is 5.32 Å². The van der Waals surface area contributed by atoms with Gasteiger partial charge in [-0.3, -0.25) is 9.59 Å². The van der Waals surface area contributed by atoms with Crippen molar-refractivity contribution in [1.29, 1.82) is 0 Å². The molecule has 0 saturated carbocycles. The van der Waals surface area contributed by atoms with Crippen molar-refractivity contribution in [2.75, 3.05) is 37.0 Å². The Morgan fingerprint density at radius 3 is 2.38 bits per heavy atom. The fourth-order valence-corrected chi connectivity index (χ4v) is 4.09. The van der Waals surface area contributed by atoms with E-state index in [1.165, 1.54) is 0 Å².